The first-order chi connectivity index (χ1) is 12.5. The summed E-state index contributed by atoms with van der Waals surface area (Å²) in [5.41, 5.74) is 1.12. The number of hydrogen-bond acceptors (Lipinski definition) is 5. The molecule has 1 fully saturated rings. The van der Waals surface area contributed by atoms with Crippen molar-refractivity contribution in [2.24, 2.45) is 4.99 Å². The molecule has 0 aliphatic carbocycles. The topological polar surface area (TPSA) is 78.9 Å². The molecule has 0 saturated carbocycles. The summed E-state index contributed by atoms with van der Waals surface area (Å²) in [6, 6.07) is 0.325. The first-order valence-electron chi connectivity index (χ1n) is 9.42. The molecule has 8 heteroatoms. The van der Waals surface area contributed by atoms with Crippen LogP contribution >= 0.6 is 11.3 Å². The number of thiazole rings is 1. The van der Waals surface area contributed by atoms with Crippen molar-refractivity contribution in [3.63, 3.8) is 0 Å². The summed E-state index contributed by atoms with van der Waals surface area (Å²) in [7, 11) is 0. The quantitative estimate of drug-likeness (QED) is 0.585. The van der Waals surface area contributed by atoms with Crippen molar-refractivity contribution in [3.8, 4) is 0 Å². The number of nitrogens with zero attached hydrogens (tertiary/aromatic N) is 3. The first kappa shape index (κ1) is 20.5. The van der Waals surface area contributed by atoms with Gasteiger partial charge in [0.1, 0.15) is 0 Å². The highest BCUT2D eigenvalue weighted by atomic mass is 32.1. The number of ether oxygens (including phenoxy) is 1. The maximum absolute atomic E-state index is 11.8. The molecule has 1 saturated heterocycles. The third kappa shape index (κ3) is 6.16. The highest BCUT2D eigenvalue weighted by Crippen LogP contribution is 2.17. The van der Waals surface area contributed by atoms with Gasteiger partial charge in [-0.1, -0.05) is 0 Å². The van der Waals surface area contributed by atoms with Crippen molar-refractivity contribution in [1.82, 2.24) is 20.5 Å². The fourth-order valence-electron chi connectivity index (χ4n) is 3.01. The zero-order valence-corrected chi connectivity index (χ0v) is 17.1. The Morgan fingerprint density at radius 2 is 2.08 bits per heavy atom. The minimum absolute atomic E-state index is 0.207. The van der Waals surface area contributed by atoms with E-state index in [2.05, 4.69) is 29.5 Å². The molecule has 0 aromatic carbocycles. The van der Waals surface area contributed by atoms with E-state index in [9.17, 15) is 4.79 Å². The molecule has 146 valence electrons. The molecule has 1 aliphatic rings. The SMILES string of the molecule is CCNC(=NCCc1sc(C)nc1C)NC1CCN(C(=O)OCC)CC1. The molecule has 1 aromatic heterocycles. The lowest BCUT2D eigenvalue weighted by atomic mass is 10.1. The molecule has 1 amide bonds. The van der Waals surface area contributed by atoms with Crippen molar-refractivity contribution >= 4 is 23.4 Å². The number of guanidine groups is 1. The van der Waals surface area contributed by atoms with Crippen LogP contribution in [0.1, 0.15) is 42.3 Å². The molecular formula is C18H31N5O2S. The largest absolute Gasteiger partial charge is 0.450 e. The Morgan fingerprint density at radius 3 is 2.65 bits per heavy atom. The minimum atomic E-state index is -0.207. The zero-order valence-electron chi connectivity index (χ0n) is 16.3. The Morgan fingerprint density at radius 1 is 1.35 bits per heavy atom. The summed E-state index contributed by atoms with van der Waals surface area (Å²) in [5.74, 6) is 0.848. The van der Waals surface area contributed by atoms with E-state index in [4.69, 9.17) is 9.73 Å². The Kier molecular flexibility index (Phi) is 8.15. The number of carbonyl (C=O) groups excluding carboxylic acids is 1. The van der Waals surface area contributed by atoms with Gasteiger partial charge in [0.25, 0.3) is 0 Å². The lowest BCUT2D eigenvalue weighted by Gasteiger charge is -2.32. The highest BCUT2D eigenvalue weighted by molar-refractivity contribution is 7.11. The molecular weight excluding hydrogens is 350 g/mol. The number of hydrogen-bond donors (Lipinski definition) is 2. The van der Waals surface area contributed by atoms with Crippen LogP contribution in [0.3, 0.4) is 0 Å². The molecule has 7 nitrogen and oxygen atoms in total. The van der Waals surface area contributed by atoms with Gasteiger partial charge >= 0.3 is 6.09 Å². The van der Waals surface area contributed by atoms with Gasteiger partial charge in [0.2, 0.25) is 0 Å². The van der Waals surface area contributed by atoms with E-state index in [1.54, 1.807) is 16.2 Å². The molecule has 0 unspecified atom stereocenters. The Labute approximate surface area is 160 Å². The van der Waals surface area contributed by atoms with Gasteiger partial charge in [-0.15, -0.1) is 11.3 Å². The molecule has 26 heavy (non-hydrogen) atoms. The van der Waals surface area contributed by atoms with Crippen molar-refractivity contribution in [2.75, 3.05) is 32.8 Å². The van der Waals surface area contributed by atoms with Crippen molar-refractivity contribution in [1.29, 1.82) is 0 Å². The predicted molar refractivity (Wildman–Crippen MR) is 106 cm³/mol. The smallest absolute Gasteiger partial charge is 0.409 e. The second kappa shape index (κ2) is 10.4. The predicted octanol–water partition coefficient (Wildman–Crippen LogP) is 2.48. The van der Waals surface area contributed by atoms with E-state index >= 15 is 0 Å². The number of aliphatic imine (C=N–C) groups is 1. The van der Waals surface area contributed by atoms with Crippen LogP contribution in [-0.4, -0.2) is 60.8 Å². The molecule has 1 aromatic rings. The molecule has 0 spiro atoms. The minimum Gasteiger partial charge on any atom is -0.450 e. The lowest BCUT2D eigenvalue weighted by molar-refractivity contribution is 0.0963. The van der Waals surface area contributed by atoms with Crippen LogP contribution in [-0.2, 0) is 11.2 Å². The molecule has 0 bridgehead atoms. The number of aryl methyl sites for hydroxylation is 2. The number of carbonyl (C=O) groups is 1. The van der Waals surface area contributed by atoms with Crippen LogP contribution < -0.4 is 10.6 Å². The maximum Gasteiger partial charge on any atom is 0.409 e. The number of piperidine rings is 1. The Balaban J connectivity index is 1.82. The lowest BCUT2D eigenvalue weighted by Crippen LogP contribution is -2.50. The summed E-state index contributed by atoms with van der Waals surface area (Å²) in [6.07, 6.45) is 2.50. The third-order valence-corrected chi connectivity index (χ3v) is 5.45. The number of amides is 1. The molecule has 2 N–H and O–H groups in total. The molecule has 1 aliphatic heterocycles. The van der Waals surface area contributed by atoms with Gasteiger partial charge in [0.05, 0.1) is 17.3 Å². The Hall–Kier alpha value is -1.83. The highest BCUT2D eigenvalue weighted by Gasteiger charge is 2.24. The normalized spacial score (nSPS) is 15.8. The van der Waals surface area contributed by atoms with Crippen LogP contribution in [0.15, 0.2) is 4.99 Å². The van der Waals surface area contributed by atoms with E-state index in [0.29, 0.717) is 12.6 Å². The van der Waals surface area contributed by atoms with Gasteiger partial charge in [-0.3, -0.25) is 4.99 Å². The summed E-state index contributed by atoms with van der Waals surface area (Å²) in [6.45, 7) is 11.4. The van der Waals surface area contributed by atoms with Gasteiger partial charge in [0.15, 0.2) is 5.96 Å². The van der Waals surface area contributed by atoms with E-state index in [1.165, 1.54) is 4.88 Å². The standard InChI is InChI=1S/C18H31N5O2S/c1-5-19-17(20-10-7-16-13(3)21-14(4)26-16)22-15-8-11-23(12-9-15)18(24)25-6-2/h15H,5-12H2,1-4H3,(H2,19,20,22). The maximum atomic E-state index is 11.8. The van der Waals surface area contributed by atoms with E-state index in [1.807, 2.05) is 13.8 Å². The second-order valence-corrected chi connectivity index (χ2v) is 7.64. The van der Waals surface area contributed by atoms with Gasteiger partial charge in [-0.25, -0.2) is 9.78 Å². The summed E-state index contributed by atoms with van der Waals surface area (Å²) in [4.78, 5) is 24.0. The van der Waals surface area contributed by atoms with Crippen molar-refractivity contribution in [3.05, 3.63) is 15.6 Å². The van der Waals surface area contributed by atoms with Crippen LogP contribution in [0.5, 0.6) is 0 Å². The number of aromatic nitrogens is 1. The van der Waals surface area contributed by atoms with Crippen molar-refractivity contribution < 1.29 is 9.53 Å². The second-order valence-electron chi connectivity index (χ2n) is 6.36. The van der Waals surface area contributed by atoms with E-state index in [-0.39, 0.29) is 6.09 Å². The molecule has 0 atom stereocenters. The zero-order chi connectivity index (χ0) is 18.9. The van der Waals surface area contributed by atoms with Gasteiger partial charge in [-0.05, 0) is 40.5 Å². The fraction of sp³-hybridized carbons (Fsp3) is 0.722. The fourth-order valence-corrected chi connectivity index (χ4v) is 3.94. The third-order valence-electron chi connectivity index (χ3n) is 4.31. The molecule has 2 heterocycles. The number of likely N-dealkylation sites (tertiary alicyclic amines) is 1. The van der Waals surface area contributed by atoms with Crippen molar-refractivity contribution in [2.45, 2.75) is 53.0 Å². The number of nitrogens with one attached hydrogen (secondary N) is 2. The van der Waals surface area contributed by atoms with E-state index < -0.39 is 0 Å². The average Bonchev–Trinajstić information content (AvgIpc) is 2.93. The van der Waals surface area contributed by atoms with Crippen LogP contribution in [0, 0.1) is 13.8 Å². The van der Waals surface area contributed by atoms with Gasteiger partial charge in [-0.2, -0.15) is 0 Å². The molecule has 0 radical (unpaired) electrons. The average molecular weight is 382 g/mol. The number of rotatable bonds is 6. The van der Waals surface area contributed by atoms with Gasteiger partial charge in [0, 0.05) is 43.5 Å². The van der Waals surface area contributed by atoms with Crippen LogP contribution in [0.4, 0.5) is 4.79 Å². The molecule has 2 rings (SSSR count). The summed E-state index contributed by atoms with van der Waals surface area (Å²) >= 11 is 1.75. The first-order valence-corrected chi connectivity index (χ1v) is 10.2. The van der Waals surface area contributed by atoms with E-state index in [0.717, 1.165) is 62.1 Å². The van der Waals surface area contributed by atoms with Gasteiger partial charge < -0.3 is 20.3 Å². The van der Waals surface area contributed by atoms with Crippen LogP contribution in [0.25, 0.3) is 0 Å². The summed E-state index contributed by atoms with van der Waals surface area (Å²) < 4.78 is 5.07. The monoisotopic (exact) mass is 381 g/mol. The Bertz CT molecular complexity index is 609. The van der Waals surface area contributed by atoms with Crippen LogP contribution in [0.2, 0.25) is 0 Å². The summed E-state index contributed by atoms with van der Waals surface area (Å²) in [5, 5.41) is 7.93.